The largest absolute Gasteiger partial charge is 0.326 e. The van der Waals surface area contributed by atoms with E-state index in [4.69, 9.17) is 5.73 Å². The minimum Gasteiger partial charge on any atom is -0.326 e. The van der Waals surface area contributed by atoms with Crippen molar-refractivity contribution in [2.75, 3.05) is 6.54 Å². The smallest absolute Gasteiger partial charge is 0.241 e. The third-order valence-electron chi connectivity index (χ3n) is 2.66. The SMILES string of the molecule is Cc1sc(CN)cc1S(=O)(=O)NCCCC(C)C. The molecule has 0 spiro atoms. The van der Waals surface area contributed by atoms with Gasteiger partial charge >= 0.3 is 0 Å². The summed E-state index contributed by atoms with van der Waals surface area (Å²) in [6.07, 6.45) is 1.89. The first-order valence-corrected chi connectivity index (χ1v) is 8.46. The number of thiophene rings is 1. The number of hydrogen-bond donors (Lipinski definition) is 2. The Hall–Kier alpha value is -0.430. The molecule has 0 saturated carbocycles. The Kier molecular flexibility index (Phi) is 5.78. The van der Waals surface area contributed by atoms with Gasteiger partial charge in [0.15, 0.2) is 0 Å². The van der Waals surface area contributed by atoms with E-state index in [1.807, 2.05) is 6.92 Å². The summed E-state index contributed by atoms with van der Waals surface area (Å²) in [4.78, 5) is 2.07. The van der Waals surface area contributed by atoms with Gasteiger partial charge in [-0.25, -0.2) is 13.1 Å². The van der Waals surface area contributed by atoms with Gasteiger partial charge in [-0.3, -0.25) is 0 Å². The highest BCUT2D eigenvalue weighted by molar-refractivity contribution is 7.89. The zero-order valence-corrected chi connectivity index (χ0v) is 12.8. The summed E-state index contributed by atoms with van der Waals surface area (Å²) < 4.78 is 26.8. The molecule has 0 aliphatic rings. The van der Waals surface area contributed by atoms with Crippen molar-refractivity contribution < 1.29 is 8.42 Å². The molecule has 0 amide bonds. The van der Waals surface area contributed by atoms with Gasteiger partial charge in [-0.15, -0.1) is 11.3 Å². The monoisotopic (exact) mass is 290 g/mol. The first-order chi connectivity index (χ1) is 8.36. The number of rotatable bonds is 7. The molecule has 0 saturated heterocycles. The van der Waals surface area contributed by atoms with Crippen LogP contribution in [0.1, 0.15) is 36.4 Å². The Balaban J connectivity index is 2.65. The summed E-state index contributed by atoms with van der Waals surface area (Å²) in [5.74, 6) is 0.598. The van der Waals surface area contributed by atoms with Crippen LogP contribution in [0.2, 0.25) is 0 Å². The molecule has 0 atom stereocenters. The second-order valence-electron chi connectivity index (χ2n) is 4.77. The van der Waals surface area contributed by atoms with Gasteiger partial charge in [-0.2, -0.15) is 0 Å². The third kappa shape index (κ3) is 4.35. The Labute approximate surface area is 114 Å². The molecular formula is C12H22N2O2S2. The van der Waals surface area contributed by atoms with Crippen molar-refractivity contribution in [2.45, 2.75) is 45.1 Å². The predicted molar refractivity (Wildman–Crippen MR) is 76.2 cm³/mol. The van der Waals surface area contributed by atoms with E-state index in [1.165, 1.54) is 11.3 Å². The lowest BCUT2D eigenvalue weighted by atomic mass is 10.1. The fourth-order valence-electron chi connectivity index (χ4n) is 1.69. The van der Waals surface area contributed by atoms with Crippen LogP contribution in [0.4, 0.5) is 0 Å². The normalized spacial score (nSPS) is 12.3. The lowest BCUT2D eigenvalue weighted by Gasteiger charge is -2.07. The molecule has 3 N–H and O–H groups in total. The Morgan fingerprint density at radius 1 is 1.44 bits per heavy atom. The van der Waals surface area contributed by atoms with Gasteiger partial charge < -0.3 is 5.73 Å². The van der Waals surface area contributed by atoms with Crippen LogP contribution in [0.5, 0.6) is 0 Å². The quantitative estimate of drug-likeness (QED) is 0.756. The van der Waals surface area contributed by atoms with Crippen LogP contribution in [0.25, 0.3) is 0 Å². The van der Waals surface area contributed by atoms with Crippen molar-refractivity contribution in [1.29, 1.82) is 0 Å². The lowest BCUT2D eigenvalue weighted by Crippen LogP contribution is -2.25. The zero-order valence-electron chi connectivity index (χ0n) is 11.2. The fraction of sp³-hybridized carbons (Fsp3) is 0.667. The van der Waals surface area contributed by atoms with Crippen LogP contribution in [-0.2, 0) is 16.6 Å². The molecule has 4 nitrogen and oxygen atoms in total. The molecule has 1 heterocycles. The molecule has 104 valence electrons. The molecular weight excluding hydrogens is 268 g/mol. The molecule has 6 heteroatoms. The van der Waals surface area contributed by atoms with E-state index in [-0.39, 0.29) is 0 Å². The molecule has 1 aromatic rings. The van der Waals surface area contributed by atoms with Crippen molar-refractivity contribution in [3.05, 3.63) is 15.8 Å². The number of nitrogens with two attached hydrogens (primary N) is 1. The maximum Gasteiger partial charge on any atom is 0.241 e. The van der Waals surface area contributed by atoms with Crippen LogP contribution in [0.3, 0.4) is 0 Å². The molecule has 18 heavy (non-hydrogen) atoms. The summed E-state index contributed by atoms with van der Waals surface area (Å²) >= 11 is 1.44. The van der Waals surface area contributed by atoms with E-state index >= 15 is 0 Å². The van der Waals surface area contributed by atoms with Crippen molar-refractivity contribution in [3.8, 4) is 0 Å². The second kappa shape index (κ2) is 6.65. The van der Waals surface area contributed by atoms with E-state index in [0.717, 1.165) is 22.6 Å². The number of nitrogens with one attached hydrogen (secondary N) is 1. The number of sulfonamides is 1. The van der Waals surface area contributed by atoms with Crippen molar-refractivity contribution >= 4 is 21.4 Å². The molecule has 1 aromatic heterocycles. The minimum atomic E-state index is -3.37. The van der Waals surface area contributed by atoms with E-state index in [0.29, 0.717) is 23.9 Å². The average molecular weight is 290 g/mol. The number of aryl methyl sites for hydroxylation is 1. The maximum atomic E-state index is 12.1. The minimum absolute atomic E-state index is 0.373. The Bertz CT molecular complexity index is 478. The molecule has 0 fully saturated rings. The summed E-state index contributed by atoms with van der Waals surface area (Å²) in [6.45, 7) is 6.95. The topological polar surface area (TPSA) is 72.2 Å². The molecule has 0 unspecified atom stereocenters. The van der Waals surface area contributed by atoms with Gasteiger partial charge in [0, 0.05) is 22.8 Å². The summed E-state index contributed by atoms with van der Waals surface area (Å²) in [5, 5.41) is 0. The number of hydrogen-bond acceptors (Lipinski definition) is 4. The third-order valence-corrected chi connectivity index (χ3v) is 5.45. The lowest BCUT2D eigenvalue weighted by molar-refractivity contribution is 0.540. The van der Waals surface area contributed by atoms with Gasteiger partial charge in [0.2, 0.25) is 10.0 Å². The van der Waals surface area contributed by atoms with Crippen LogP contribution >= 0.6 is 11.3 Å². The highest BCUT2D eigenvalue weighted by Gasteiger charge is 2.18. The first-order valence-electron chi connectivity index (χ1n) is 6.16. The van der Waals surface area contributed by atoms with Gasteiger partial charge in [-0.05, 0) is 31.7 Å². The van der Waals surface area contributed by atoms with E-state index in [9.17, 15) is 8.42 Å². The molecule has 0 aliphatic heterocycles. The first kappa shape index (κ1) is 15.6. The Morgan fingerprint density at radius 2 is 2.11 bits per heavy atom. The van der Waals surface area contributed by atoms with Crippen LogP contribution < -0.4 is 10.5 Å². The molecule has 1 rings (SSSR count). The predicted octanol–water partition coefficient (Wildman–Crippen LogP) is 2.23. The van der Waals surface area contributed by atoms with E-state index in [1.54, 1.807) is 6.07 Å². The summed E-state index contributed by atoms with van der Waals surface area (Å²) in [5.41, 5.74) is 5.53. The van der Waals surface area contributed by atoms with Gasteiger partial charge in [0.25, 0.3) is 0 Å². The molecule has 0 radical (unpaired) electrons. The van der Waals surface area contributed by atoms with Crippen LogP contribution in [0.15, 0.2) is 11.0 Å². The highest BCUT2D eigenvalue weighted by Crippen LogP contribution is 2.25. The molecule has 0 aliphatic carbocycles. The van der Waals surface area contributed by atoms with E-state index in [2.05, 4.69) is 18.6 Å². The van der Waals surface area contributed by atoms with Crippen molar-refractivity contribution in [3.63, 3.8) is 0 Å². The second-order valence-corrected chi connectivity index (χ2v) is 7.85. The molecule has 0 aromatic carbocycles. The summed E-state index contributed by atoms with van der Waals surface area (Å²) in [6, 6.07) is 1.67. The fourth-order valence-corrected chi connectivity index (χ4v) is 4.27. The van der Waals surface area contributed by atoms with Gasteiger partial charge in [-0.1, -0.05) is 13.8 Å². The van der Waals surface area contributed by atoms with Crippen molar-refractivity contribution in [1.82, 2.24) is 4.72 Å². The van der Waals surface area contributed by atoms with Gasteiger partial charge in [0.1, 0.15) is 0 Å². The Morgan fingerprint density at radius 3 is 2.61 bits per heavy atom. The van der Waals surface area contributed by atoms with Crippen LogP contribution in [-0.4, -0.2) is 15.0 Å². The van der Waals surface area contributed by atoms with E-state index < -0.39 is 10.0 Å². The molecule has 0 bridgehead atoms. The average Bonchev–Trinajstić information content (AvgIpc) is 2.66. The summed E-state index contributed by atoms with van der Waals surface area (Å²) in [7, 11) is -3.37. The van der Waals surface area contributed by atoms with Gasteiger partial charge in [0.05, 0.1) is 4.90 Å². The zero-order chi connectivity index (χ0) is 13.8. The highest BCUT2D eigenvalue weighted by atomic mass is 32.2. The van der Waals surface area contributed by atoms with Crippen molar-refractivity contribution in [2.24, 2.45) is 11.7 Å². The standard InChI is InChI=1S/C12H22N2O2S2/c1-9(2)5-4-6-14-18(15,16)12-7-11(8-13)17-10(12)3/h7,9,14H,4-6,8,13H2,1-3H3. The van der Waals surface area contributed by atoms with Crippen LogP contribution in [0, 0.1) is 12.8 Å². The maximum absolute atomic E-state index is 12.1.